The zero-order valence-electron chi connectivity index (χ0n) is 10.7. The Balaban J connectivity index is 2.49. The standard InChI is InChI=1S/C12H18N4OS/c1-8-7-9(2)14-12(10(8)11(13)15-17)16-3-5-18-6-4-16/h7,17H,3-6H2,1-2H3,(H2,13,15). The summed E-state index contributed by atoms with van der Waals surface area (Å²) in [5.74, 6) is 3.14. The zero-order valence-corrected chi connectivity index (χ0v) is 11.5. The average Bonchev–Trinajstić information content (AvgIpc) is 2.38. The fraction of sp³-hybridized carbons (Fsp3) is 0.500. The fourth-order valence-corrected chi connectivity index (χ4v) is 3.09. The minimum atomic E-state index is 0.133. The normalized spacial score (nSPS) is 17.0. The molecule has 0 spiro atoms. The van der Waals surface area contributed by atoms with E-state index in [4.69, 9.17) is 10.9 Å². The Bertz CT molecular complexity index is 469. The molecule has 2 heterocycles. The second-order valence-electron chi connectivity index (χ2n) is 4.36. The van der Waals surface area contributed by atoms with E-state index in [9.17, 15) is 0 Å². The third kappa shape index (κ3) is 2.53. The minimum absolute atomic E-state index is 0.133. The highest BCUT2D eigenvalue weighted by Crippen LogP contribution is 2.25. The van der Waals surface area contributed by atoms with E-state index < -0.39 is 0 Å². The van der Waals surface area contributed by atoms with Gasteiger partial charge in [0.2, 0.25) is 0 Å². The molecule has 3 N–H and O–H groups in total. The van der Waals surface area contributed by atoms with Crippen molar-refractivity contribution < 1.29 is 5.21 Å². The Kier molecular flexibility index (Phi) is 3.96. The van der Waals surface area contributed by atoms with Crippen LogP contribution in [0.25, 0.3) is 0 Å². The smallest absolute Gasteiger partial charge is 0.174 e. The van der Waals surface area contributed by atoms with E-state index in [0.29, 0.717) is 0 Å². The Labute approximate surface area is 111 Å². The Morgan fingerprint density at radius 2 is 2.11 bits per heavy atom. The van der Waals surface area contributed by atoms with Gasteiger partial charge in [-0.25, -0.2) is 4.98 Å². The lowest BCUT2D eigenvalue weighted by molar-refractivity contribution is 0.318. The summed E-state index contributed by atoms with van der Waals surface area (Å²) < 4.78 is 0. The second kappa shape index (κ2) is 5.48. The van der Waals surface area contributed by atoms with Crippen LogP contribution in [0.2, 0.25) is 0 Å². The number of nitrogens with zero attached hydrogens (tertiary/aromatic N) is 3. The van der Waals surface area contributed by atoms with Gasteiger partial charge in [0, 0.05) is 30.3 Å². The van der Waals surface area contributed by atoms with Crippen LogP contribution in [0.5, 0.6) is 0 Å². The predicted molar refractivity (Wildman–Crippen MR) is 75.8 cm³/mol. The van der Waals surface area contributed by atoms with Crippen LogP contribution in [0.1, 0.15) is 16.8 Å². The van der Waals surface area contributed by atoms with E-state index in [-0.39, 0.29) is 5.84 Å². The molecule has 1 fully saturated rings. The van der Waals surface area contributed by atoms with Crippen molar-refractivity contribution in [3.05, 3.63) is 22.9 Å². The van der Waals surface area contributed by atoms with E-state index in [1.54, 1.807) is 0 Å². The number of rotatable bonds is 2. The lowest BCUT2D eigenvalue weighted by Gasteiger charge is -2.29. The molecule has 0 unspecified atom stereocenters. The van der Waals surface area contributed by atoms with E-state index >= 15 is 0 Å². The summed E-state index contributed by atoms with van der Waals surface area (Å²) in [6.07, 6.45) is 0. The summed E-state index contributed by atoms with van der Waals surface area (Å²) in [5.41, 5.74) is 8.47. The number of hydrogen-bond acceptors (Lipinski definition) is 5. The van der Waals surface area contributed by atoms with Crippen molar-refractivity contribution in [1.29, 1.82) is 0 Å². The van der Waals surface area contributed by atoms with Gasteiger partial charge in [0.05, 0.1) is 5.56 Å². The number of aryl methyl sites for hydroxylation is 2. The molecule has 1 aliphatic heterocycles. The summed E-state index contributed by atoms with van der Waals surface area (Å²) in [6.45, 7) is 5.83. The largest absolute Gasteiger partial charge is 0.409 e. The summed E-state index contributed by atoms with van der Waals surface area (Å²) in [4.78, 5) is 6.78. The van der Waals surface area contributed by atoms with Gasteiger partial charge in [0.15, 0.2) is 5.84 Å². The van der Waals surface area contributed by atoms with Crippen molar-refractivity contribution >= 4 is 23.4 Å². The molecule has 0 aliphatic carbocycles. The average molecular weight is 266 g/mol. The van der Waals surface area contributed by atoms with Gasteiger partial charge >= 0.3 is 0 Å². The maximum atomic E-state index is 8.92. The monoisotopic (exact) mass is 266 g/mol. The first-order valence-corrected chi connectivity index (χ1v) is 7.07. The number of nitrogens with two attached hydrogens (primary N) is 1. The molecule has 1 aliphatic rings. The molecular formula is C12H18N4OS. The Hall–Kier alpha value is -1.43. The number of thioether (sulfide) groups is 1. The van der Waals surface area contributed by atoms with Gasteiger partial charge in [-0.15, -0.1) is 0 Å². The fourth-order valence-electron chi connectivity index (χ4n) is 2.19. The van der Waals surface area contributed by atoms with Gasteiger partial charge in [-0.2, -0.15) is 11.8 Å². The predicted octanol–water partition coefficient (Wildman–Crippen LogP) is 1.35. The topological polar surface area (TPSA) is 74.7 Å². The molecule has 1 aromatic heterocycles. The summed E-state index contributed by atoms with van der Waals surface area (Å²) in [5, 5.41) is 12.0. The SMILES string of the molecule is Cc1cc(C)c(C(N)=NO)c(N2CCSCC2)n1. The van der Waals surface area contributed by atoms with Gasteiger partial charge in [-0.3, -0.25) is 0 Å². The van der Waals surface area contributed by atoms with Crippen LogP contribution in [-0.2, 0) is 0 Å². The molecule has 6 heteroatoms. The van der Waals surface area contributed by atoms with Crippen molar-refractivity contribution in [1.82, 2.24) is 4.98 Å². The summed E-state index contributed by atoms with van der Waals surface area (Å²) >= 11 is 1.94. The molecule has 0 atom stereocenters. The number of amidine groups is 1. The number of aromatic nitrogens is 1. The minimum Gasteiger partial charge on any atom is -0.409 e. The van der Waals surface area contributed by atoms with E-state index in [0.717, 1.165) is 47.2 Å². The van der Waals surface area contributed by atoms with Crippen LogP contribution in [0.4, 0.5) is 5.82 Å². The van der Waals surface area contributed by atoms with Crippen LogP contribution >= 0.6 is 11.8 Å². The van der Waals surface area contributed by atoms with Crippen LogP contribution in [0.15, 0.2) is 11.2 Å². The lowest BCUT2D eigenvalue weighted by atomic mass is 10.1. The highest BCUT2D eigenvalue weighted by atomic mass is 32.2. The third-order valence-electron chi connectivity index (χ3n) is 3.00. The second-order valence-corrected chi connectivity index (χ2v) is 5.59. The lowest BCUT2D eigenvalue weighted by Crippen LogP contribution is -2.35. The number of oxime groups is 1. The van der Waals surface area contributed by atoms with Crippen molar-refractivity contribution in [2.75, 3.05) is 29.5 Å². The van der Waals surface area contributed by atoms with Crippen molar-refractivity contribution in [2.24, 2.45) is 10.9 Å². The summed E-state index contributed by atoms with van der Waals surface area (Å²) in [7, 11) is 0. The molecule has 1 saturated heterocycles. The van der Waals surface area contributed by atoms with Crippen LogP contribution in [0, 0.1) is 13.8 Å². The van der Waals surface area contributed by atoms with Gasteiger partial charge < -0.3 is 15.8 Å². The number of pyridine rings is 1. The van der Waals surface area contributed by atoms with Gasteiger partial charge in [-0.05, 0) is 25.5 Å². The maximum Gasteiger partial charge on any atom is 0.174 e. The molecule has 0 amide bonds. The first-order valence-electron chi connectivity index (χ1n) is 5.92. The molecular weight excluding hydrogens is 248 g/mol. The van der Waals surface area contributed by atoms with Crippen LogP contribution in [-0.4, -0.2) is 40.6 Å². The highest BCUT2D eigenvalue weighted by Gasteiger charge is 2.20. The maximum absolute atomic E-state index is 8.92. The van der Waals surface area contributed by atoms with Gasteiger partial charge in [0.25, 0.3) is 0 Å². The van der Waals surface area contributed by atoms with Gasteiger partial charge in [-0.1, -0.05) is 5.16 Å². The van der Waals surface area contributed by atoms with Crippen LogP contribution in [0.3, 0.4) is 0 Å². The highest BCUT2D eigenvalue weighted by molar-refractivity contribution is 7.99. The molecule has 18 heavy (non-hydrogen) atoms. The molecule has 5 nitrogen and oxygen atoms in total. The molecule has 0 aromatic carbocycles. The molecule has 98 valence electrons. The first kappa shape index (κ1) is 13.0. The van der Waals surface area contributed by atoms with Crippen molar-refractivity contribution in [3.8, 4) is 0 Å². The molecule has 2 rings (SSSR count). The van der Waals surface area contributed by atoms with E-state index in [1.807, 2.05) is 31.7 Å². The summed E-state index contributed by atoms with van der Waals surface area (Å²) in [6, 6.07) is 1.95. The van der Waals surface area contributed by atoms with Crippen molar-refractivity contribution in [3.63, 3.8) is 0 Å². The third-order valence-corrected chi connectivity index (χ3v) is 3.94. The van der Waals surface area contributed by atoms with Crippen LogP contribution < -0.4 is 10.6 Å². The van der Waals surface area contributed by atoms with E-state index in [2.05, 4.69) is 15.0 Å². The number of anilines is 1. The molecule has 0 saturated carbocycles. The quantitative estimate of drug-likeness (QED) is 0.366. The number of hydrogen-bond donors (Lipinski definition) is 2. The zero-order chi connectivity index (χ0) is 13.1. The van der Waals surface area contributed by atoms with E-state index in [1.165, 1.54) is 0 Å². The molecule has 1 aromatic rings. The Morgan fingerprint density at radius 1 is 1.44 bits per heavy atom. The first-order chi connectivity index (χ1) is 8.63. The van der Waals surface area contributed by atoms with Gasteiger partial charge in [0.1, 0.15) is 5.82 Å². The molecule has 0 radical (unpaired) electrons. The molecule has 0 bridgehead atoms. The Morgan fingerprint density at radius 3 is 2.72 bits per heavy atom. The van der Waals surface area contributed by atoms with Crippen molar-refractivity contribution in [2.45, 2.75) is 13.8 Å².